The average molecular weight is 930 g/mol. The van der Waals surface area contributed by atoms with Crippen LogP contribution in [0.15, 0.2) is 24.3 Å². The van der Waals surface area contributed by atoms with Crippen molar-refractivity contribution in [3.63, 3.8) is 0 Å². The van der Waals surface area contributed by atoms with Crippen molar-refractivity contribution in [1.82, 2.24) is 5.32 Å². The quantitative estimate of drug-likeness (QED) is 0.0225. The summed E-state index contributed by atoms with van der Waals surface area (Å²) in [5.41, 5.74) is 0. The molecule has 2 heterocycles. The van der Waals surface area contributed by atoms with E-state index in [1.165, 1.54) is 128 Å². The highest BCUT2D eigenvalue weighted by Gasteiger charge is 2.51. The van der Waals surface area contributed by atoms with Crippen LogP contribution in [0.5, 0.6) is 0 Å². The van der Waals surface area contributed by atoms with Crippen molar-refractivity contribution in [3.8, 4) is 0 Å². The molecule has 2 saturated heterocycles. The summed E-state index contributed by atoms with van der Waals surface area (Å²) in [6.45, 7) is 2.72. The van der Waals surface area contributed by atoms with Gasteiger partial charge < -0.3 is 65.1 Å². The molecule has 0 saturated carbocycles. The number of unbranched alkanes of at least 4 members (excludes halogenated alkanes) is 25. The molecule has 2 aliphatic rings. The molecule has 9 N–H and O–H groups in total. The second-order valence-corrected chi connectivity index (χ2v) is 18.6. The fraction of sp³-hybridized carbons (Fsp3) is 0.902. The largest absolute Gasteiger partial charge is 0.394 e. The zero-order chi connectivity index (χ0) is 47.5. The van der Waals surface area contributed by atoms with Gasteiger partial charge in [-0.3, -0.25) is 4.79 Å². The summed E-state index contributed by atoms with van der Waals surface area (Å²) in [4.78, 5) is 13.0. The Morgan fingerprint density at radius 1 is 0.538 bits per heavy atom. The van der Waals surface area contributed by atoms with Crippen molar-refractivity contribution in [3.05, 3.63) is 24.3 Å². The maximum atomic E-state index is 13.0. The number of hydrogen-bond acceptors (Lipinski definition) is 13. The molecule has 0 spiro atoms. The van der Waals surface area contributed by atoms with Crippen molar-refractivity contribution >= 4 is 5.91 Å². The minimum atomic E-state index is -1.79. The third-order valence-corrected chi connectivity index (χ3v) is 12.9. The van der Waals surface area contributed by atoms with Crippen LogP contribution in [0.4, 0.5) is 0 Å². The number of allylic oxidation sites excluding steroid dienone is 3. The number of aliphatic hydroxyl groups is 8. The molecule has 14 heteroatoms. The Labute approximate surface area is 392 Å². The molecule has 0 aliphatic carbocycles. The van der Waals surface area contributed by atoms with Crippen LogP contribution in [-0.4, -0.2) is 140 Å². The Hall–Kier alpha value is -1.53. The molecular formula is C51H95NO13. The average Bonchev–Trinajstić information content (AvgIpc) is 3.30. The van der Waals surface area contributed by atoms with Crippen molar-refractivity contribution in [2.45, 2.75) is 274 Å². The van der Waals surface area contributed by atoms with Crippen LogP contribution in [-0.2, 0) is 23.7 Å². The number of rotatable bonds is 40. The van der Waals surface area contributed by atoms with E-state index in [0.717, 1.165) is 38.5 Å². The van der Waals surface area contributed by atoms with Gasteiger partial charge in [-0.15, -0.1) is 0 Å². The first-order valence-electron chi connectivity index (χ1n) is 26.1. The van der Waals surface area contributed by atoms with Crippen LogP contribution >= 0.6 is 0 Å². The summed E-state index contributed by atoms with van der Waals surface area (Å²) in [5.74, 6) is -0.256. The Bertz CT molecular complexity index is 1190. The molecule has 2 aliphatic heterocycles. The Kier molecular flexibility index (Phi) is 35.1. The lowest BCUT2D eigenvalue weighted by Gasteiger charge is -2.46. The van der Waals surface area contributed by atoms with Gasteiger partial charge in [-0.2, -0.15) is 0 Å². The predicted molar refractivity (Wildman–Crippen MR) is 254 cm³/mol. The lowest BCUT2D eigenvalue weighted by Crippen LogP contribution is -2.65. The monoisotopic (exact) mass is 930 g/mol. The van der Waals surface area contributed by atoms with E-state index >= 15 is 0 Å². The van der Waals surface area contributed by atoms with Crippen LogP contribution in [0.2, 0.25) is 0 Å². The highest BCUT2D eigenvalue weighted by Crippen LogP contribution is 2.30. The fourth-order valence-electron chi connectivity index (χ4n) is 8.60. The molecule has 0 aromatic rings. The Balaban J connectivity index is 1.75. The molecule has 0 aromatic heterocycles. The summed E-state index contributed by atoms with van der Waals surface area (Å²) in [6.07, 6.45) is 25.5. The summed E-state index contributed by atoms with van der Waals surface area (Å²) in [7, 11) is 0. The molecule has 1 amide bonds. The predicted octanol–water partition coefficient (Wildman–Crippen LogP) is 6.94. The van der Waals surface area contributed by atoms with Crippen molar-refractivity contribution in [2.75, 3.05) is 19.8 Å². The summed E-state index contributed by atoms with van der Waals surface area (Å²) < 4.78 is 22.6. The molecule has 0 aromatic carbocycles. The van der Waals surface area contributed by atoms with Gasteiger partial charge in [0.2, 0.25) is 5.91 Å². The van der Waals surface area contributed by atoms with Gasteiger partial charge in [0, 0.05) is 6.42 Å². The second-order valence-electron chi connectivity index (χ2n) is 18.6. The van der Waals surface area contributed by atoms with E-state index in [-0.39, 0.29) is 18.9 Å². The molecule has 12 unspecified atom stereocenters. The molecule has 2 rings (SSSR count). The van der Waals surface area contributed by atoms with E-state index < -0.39 is 86.8 Å². The smallest absolute Gasteiger partial charge is 0.220 e. The second kappa shape index (κ2) is 38.3. The number of hydrogen-bond donors (Lipinski definition) is 9. The summed E-state index contributed by atoms with van der Waals surface area (Å²) in [5, 5.41) is 86.5. The molecule has 0 radical (unpaired) electrons. The first kappa shape index (κ1) is 59.6. The van der Waals surface area contributed by atoms with E-state index in [1.54, 1.807) is 6.08 Å². The van der Waals surface area contributed by atoms with Crippen molar-refractivity contribution in [2.24, 2.45) is 0 Å². The van der Waals surface area contributed by atoms with E-state index in [9.17, 15) is 45.6 Å². The van der Waals surface area contributed by atoms with Gasteiger partial charge in [0.25, 0.3) is 0 Å². The molecule has 0 bridgehead atoms. The minimum absolute atomic E-state index is 0.256. The molecule has 65 heavy (non-hydrogen) atoms. The van der Waals surface area contributed by atoms with Crippen molar-refractivity contribution < 1.29 is 64.6 Å². The van der Waals surface area contributed by atoms with Crippen LogP contribution in [0.25, 0.3) is 0 Å². The Morgan fingerprint density at radius 3 is 1.51 bits per heavy atom. The van der Waals surface area contributed by atoms with Gasteiger partial charge >= 0.3 is 0 Å². The lowest BCUT2D eigenvalue weighted by atomic mass is 9.97. The number of ether oxygens (including phenoxy) is 4. The van der Waals surface area contributed by atoms with E-state index in [0.29, 0.717) is 12.8 Å². The fourth-order valence-corrected chi connectivity index (χ4v) is 8.60. The number of nitrogens with one attached hydrogen (secondary N) is 1. The maximum Gasteiger partial charge on any atom is 0.220 e. The number of carbonyl (C=O) groups is 1. The number of carbonyl (C=O) groups excluding carboxylic acids is 1. The van der Waals surface area contributed by atoms with Gasteiger partial charge in [-0.05, 0) is 32.1 Å². The van der Waals surface area contributed by atoms with Gasteiger partial charge in [0.1, 0.15) is 48.8 Å². The first-order valence-corrected chi connectivity index (χ1v) is 26.1. The SMILES string of the molecule is CCCCCCCCCCCCCCCCCCCC/C=C/CC/C=C/C(O)C(COC1OC(CO)C(OC2OC(CO)C(O)C(O)C2O)C(O)C1O)NC(=O)CCCCCCCCC. The maximum absolute atomic E-state index is 13.0. The summed E-state index contributed by atoms with van der Waals surface area (Å²) >= 11 is 0. The molecular weight excluding hydrogens is 835 g/mol. The Morgan fingerprint density at radius 2 is 0.985 bits per heavy atom. The topological polar surface area (TPSA) is 228 Å². The molecule has 382 valence electrons. The minimum Gasteiger partial charge on any atom is -0.394 e. The normalized spacial score (nSPS) is 27.2. The highest BCUT2D eigenvalue weighted by atomic mass is 16.7. The zero-order valence-electron chi connectivity index (χ0n) is 40.5. The van der Waals surface area contributed by atoms with E-state index in [4.69, 9.17) is 18.9 Å². The lowest BCUT2D eigenvalue weighted by molar-refractivity contribution is -0.359. The van der Waals surface area contributed by atoms with E-state index in [2.05, 4.69) is 31.3 Å². The number of aliphatic hydroxyl groups excluding tert-OH is 8. The molecule has 2 fully saturated rings. The number of amides is 1. The highest BCUT2D eigenvalue weighted by molar-refractivity contribution is 5.76. The third-order valence-electron chi connectivity index (χ3n) is 12.9. The van der Waals surface area contributed by atoms with Gasteiger partial charge in [-0.1, -0.05) is 186 Å². The van der Waals surface area contributed by atoms with Gasteiger partial charge in [0.15, 0.2) is 12.6 Å². The van der Waals surface area contributed by atoms with Crippen LogP contribution in [0.3, 0.4) is 0 Å². The third kappa shape index (κ3) is 25.6. The standard InChI is InChI=1S/C51H95NO13/c1-3-5-7-9-11-12-13-14-15-16-17-18-19-20-21-22-23-24-25-26-27-29-30-32-34-40(55)39(52-43(56)35-33-31-28-10-8-6-4-2)38-62-50-48(61)46(59)49(42(37-54)64-50)65-51-47(60)45(58)44(57)41(36-53)63-51/h26-27,32,34,39-42,44-51,53-55,57-61H,3-25,28-31,33,35-38H2,1-2H3,(H,52,56)/b27-26+,34-32+. The van der Waals surface area contributed by atoms with E-state index in [1.807, 2.05) is 6.08 Å². The molecule has 12 atom stereocenters. The van der Waals surface area contributed by atoms with Gasteiger partial charge in [-0.25, -0.2) is 0 Å². The van der Waals surface area contributed by atoms with Crippen LogP contribution in [0.1, 0.15) is 200 Å². The molecule has 14 nitrogen and oxygen atoms in total. The van der Waals surface area contributed by atoms with Crippen LogP contribution in [0, 0.1) is 0 Å². The summed E-state index contributed by atoms with van der Waals surface area (Å²) in [6, 6.07) is -0.924. The van der Waals surface area contributed by atoms with Crippen LogP contribution < -0.4 is 5.32 Å². The van der Waals surface area contributed by atoms with Crippen molar-refractivity contribution in [1.29, 1.82) is 0 Å². The first-order chi connectivity index (χ1) is 31.6. The van der Waals surface area contributed by atoms with Gasteiger partial charge in [0.05, 0.1) is 32.0 Å². The zero-order valence-corrected chi connectivity index (χ0v) is 40.5.